The molecule has 0 fully saturated rings. The van der Waals surface area contributed by atoms with Gasteiger partial charge in [0.05, 0.1) is 18.8 Å². The third-order valence-corrected chi connectivity index (χ3v) is 6.42. The highest BCUT2D eigenvalue weighted by atomic mass is 19.1. The fourth-order valence-corrected chi connectivity index (χ4v) is 4.72. The van der Waals surface area contributed by atoms with E-state index in [-0.39, 0.29) is 23.5 Å². The Balaban J connectivity index is 1.60. The number of halogens is 1. The fraction of sp³-hybridized carbons (Fsp3) is 0.379. The summed E-state index contributed by atoms with van der Waals surface area (Å²) >= 11 is 0. The normalized spacial score (nSPS) is 15.9. The predicted octanol–water partition coefficient (Wildman–Crippen LogP) is 5.36. The lowest BCUT2D eigenvalue weighted by molar-refractivity contribution is -0.137. The molecule has 6 nitrogen and oxygen atoms in total. The summed E-state index contributed by atoms with van der Waals surface area (Å²) in [5, 5.41) is 0. The molecule has 2 atom stereocenters. The van der Waals surface area contributed by atoms with Gasteiger partial charge in [0.25, 0.3) is 5.91 Å². The Hall–Kier alpha value is -3.61. The average molecular weight is 493 g/mol. The summed E-state index contributed by atoms with van der Waals surface area (Å²) < 4.78 is 25.6. The zero-order valence-electron chi connectivity index (χ0n) is 21.2. The molecular weight excluding hydrogens is 459 g/mol. The van der Waals surface area contributed by atoms with Gasteiger partial charge in [-0.3, -0.25) is 9.59 Å². The first-order valence-corrected chi connectivity index (χ1v) is 12.3. The van der Waals surface area contributed by atoms with Gasteiger partial charge < -0.3 is 19.0 Å². The largest absolute Gasteiger partial charge is 0.481 e. The molecule has 0 saturated heterocycles. The summed E-state index contributed by atoms with van der Waals surface area (Å²) in [7, 11) is 1.70. The number of likely N-dealkylation sites (N-methyl/N-ethyl adjacent to an activating group) is 1. The van der Waals surface area contributed by atoms with E-state index in [2.05, 4.69) is 0 Å². The zero-order chi connectivity index (χ0) is 25.8. The predicted molar refractivity (Wildman–Crippen MR) is 135 cm³/mol. The monoisotopic (exact) mass is 492 g/mol. The zero-order valence-corrected chi connectivity index (χ0v) is 21.2. The number of nitrogens with zero attached hydrogens (tertiary/aromatic N) is 2. The lowest BCUT2D eigenvalue weighted by Crippen LogP contribution is -2.41. The lowest BCUT2D eigenvalue weighted by atomic mass is 9.87. The molecule has 7 heteroatoms. The van der Waals surface area contributed by atoms with E-state index in [9.17, 15) is 14.0 Å². The second-order valence-corrected chi connectivity index (χ2v) is 9.79. The van der Waals surface area contributed by atoms with Gasteiger partial charge in [-0.15, -0.1) is 0 Å². The maximum atomic E-state index is 14.2. The highest BCUT2D eigenvalue weighted by molar-refractivity contribution is 5.80. The summed E-state index contributed by atoms with van der Waals surface area (Å²) in [5.74, 6) is 0.948. The standard InChI is InChI=1S/C29H33FN2O4/c1-19(2)15-27(33)32-13-12-21-10-11-24(17-26(21)28(32)22-7-5-8-23(30)16-22)36-20(3)29(34)31(4)18-25-9-6-14-35-25/h5-11,14,16-17,19-20,28H,12-13,15,18H2,1-4H3/t20-,28-/m1/s1. The Morgan fingerprint density at radius 2 is 1.94 bits per heavy atom. The van der Waals surface area contributed by atoms with Gasteiger partial charge in [0.2, 0.25) is 5.91 Å². The molecular formula is C29H33FN2O4. The SMILES string of the molecule is CC(C)CC(=O)N1CCc2ccc(O[C@H](C)C(=O)N(C)Cc3ccco3)cc2[C@H]1c1cccc(F)c1. The molecule has 0 saturated carbocycles. The number of furan rings is 1. The number of hydrogen-bond donors (Lipinski definition) is 0. The highest BCUT2D eigenvalue weighted by Gasteiger charge is 2.33. The van der Waals surface area contributed by atoms with Crippen LogP contribution in [0, 0.1) is 11.7 Å². The van der Waals surface area contributed by atoms with Crippen molar-refractivity contribution < 1.29 is 23.1 Å². The Kier molecular flexibility index (Phi) is 7.77. The summed E-state index contributed by atoms with van der Waals surface area (Å²) in [4.78, 5) is 29.5. The van der Waals surface area contributed by atoms with Crippen molar-refractivity contribution in [2.24, 2.45) is 5.92 Å². The summed E-state index contributed by atoms with van der Waals surface area (Å²) in [6.45, 7) is 6.65. The van der Waals surface area contributed by atoms with E-state index in [0.29, 0.717) is 43.0 Å². The van der Waals surface area contributed by atoms with Crippen molar-refractivity contribution in [2.75, 3.05) is 13.6 Å². The van der Waals surface area contributed by atoms with Crippen LogP contribution in [0.5, 0.6) is 5.75 Å². The molecule has 0 bridgehead atoms. The van der Waals surface area contributed by atoms with Crippen molar-refractivity contribution in [2.45, 2.75) is 52.3 Å². The van der Waals surface area contributed by atoms with E-state index in [4.69, 9.17) is 9.15 Å². The maximum Gasteiger partial charge on any atom is 0.263 e. The molecule has 0 radical (unpaired) electrons. The van der Waals surface area contributed by atoms with E-state index in [1.807, 2.05) is 49.1 Å². The van der Waals surface area contributed by atoms with Crippen LogP contribution in [-0.2, 0) is 22.6 Å². The van der Waals surface area contributed by atoms with Crippen LogP contribution in [0.3, 0.4) is 0 Å². The van der Waals surface area contributed by atoms with Gasteiger partial charge in [-0.1, -0.05) is 32.0 Å². The molecule has 0 aliphatic carbocycles. The van der Waals surface area contributed by atoms with E-state index in [1.54, 1.807) is 37.3 Å². The molecule has 36 heavy (non-hydrogen) atoms. The first-order chi connectivity index (χ1) is 17.2. The number of benzene rings is 2. The number of fused-ring (bicyclic) bond motifs is 1. The number of ether oxygens (including phenoxy) is 1. The molecule has 2 heterocycles. The van der Waals surface area contributed by atoms with Gasteiger partial charge in [0.15, 0.2) is 6.10 Å². The van der Waals surface area contributed by atoms with Crippen LogP contribution in [0.25, 0.3) is 0 Å². The van der Waals surface area contributed by atoms with E-state index in [0.717, 1.165) is 11.1 Å². The fourth-order valence-electron chi connectivity index (χ4n) is 4.72. The molecule has 1 aliphatic rings. The van der Waals surface area contributed by atoms with E-state index in [1.165, 1.54) is 12.1 Å². The molecule has 4 rings (SSSR count). The molecule has 3 aromatic rings. The minimum atomic E-state index is -0.724. The molecule has 1 aromatic heterocycles. The van der Waals surface area contributed by atoms with E-state index >= 15 is 0 Å². The third-order valence-electron chi connectivity index (χ3n) is 6.42. The second kappa shape index (κ2) is 11.0. The quantitative estimate of drug-likeness (QED) is 0.424. The van der Waals surface area contributed by atoms with Gasteiger partial charge in [-0.2, -0.15) is 0 Å². The van der Waals surface area contributed by atoms with Crippen LogP contribution in [0.2, 0.25) is 0 Å². The van der Waals surface area contributed by atoms with Crippen LogP contribution >= 0.6 is 0 Å². The van der Waals surface area contributed by atoms with Crippen molar-refractivity contribution in [3.8, 4) is 5.75 Å². The Labute approximate surface area is 211 Å². The average Bonchev–Trinajstić information content (AvgIpc) is 3.35. The van der Waals surface area contributed by atoms with Gasteiger partial charge in [0.1, 0.15) is 17.3 Å². The van der Waals surface area contributed by atoms with Gasteiger partial charge >= 0.3 is 0 Å². The molecule has 0 N–H and O–H groups in total. The Morgan fingerprint density at radius 1 is 1.14 bits per heavy atom. The van der Waals surface area contributed by atoms with Crippen LogP contribution in [0.4, 0.5) is 4.39 Å². The Bertz CT molecular complexity index is 1210. The number of carbonyl (C=O) groups excluding carboxylic acids is 2. The van der Waals surface area contributed by atoms with Crippen LogP contribution in [0.1, 0.15) is 55.7 Å². The summed E-state index contributed by atoms with van der Waals surface area (Å²) in [5.41, 5.74) is 2.69. The van der Waals surface area contributed by atoms with Crippen molar-refractivity contribution >= 4 is 11.8 Å². The van der Waals surface area contributed by atoms with Crippen molar-refractivity contribution in [3.63, 3.8) is 0 Å². The van der Waals surface area contributed by atoms with E-state index < -0.39 is 12.1 Å². The minimum Gasteiger partial charge on any atom is -0.481 e. The first-order valence-electron chi connectivity index (χ1n) is 12.3. The number of amides is 2. The molecule has 2 aromatic carbocycles. The topological polar surface area (TPSA) is 63.0 Å². The number of carbonyl (C=O) groups is 2. The summed E-state index contributed by atoms with van der Waals surface area (Å²) in [6, 6.07) is 15.3. The smallest absolute Gasteiger partial charge is 0.263 e. The van der Waals surface area contributed by atoms with Crippen molar-refractivity contribution in [1.82, 2.24) is 9.80 Å². The second-order valence-electron chi connectivity index (χ2n) is 9.79. The van der Waals surface area contributed by atoms with Crippen LogP contribution in [0.15, 0.2) is 65.3 Å². The van der Waals surface area contributed by atoms with Crippen LogP contribution < -0.4 is 4.74 Å². The highest BCUT2D eigenvalue weighted by Crippen LogP contribution is 2.38. The molecule has 190 valence electrons. The first kappa shape index (κ1) is 25.5. The number of hydrogen-bond acceptors (Lipinski definition) is 4. The molecule has 0 spiro atoms. The molecule has 2 amide bonds. The number of rotatable bonds is 8. The lowest BCUT2D eigenvalue weighted by Gasteiger charge is -2.38. The molecule has 1 aliphatic heterocycles. The third kappa shape index (κ3) is 5.78. The van der Waals surface area contributed by atoms with Gasteiger partial charge in [-0.05, 0) is 72.4 Å². The van der Waals surface area contributed by atoms with Gasteiger partial charge in [0, 0.05) is 20.0 Å². The summed E-state index contributed by atoms with van der Waals surface area (Å²) in [6.07, 6.45) is 1.97. The van der Waals surface area contributed by atoms with Crippen molar-refractivity contribution in [3.05, 3.63) is 89.1 Å². The van der Waals surface area contributed by atoms with Crippen molar-refractivity contribution in [1.29, 1.82) is 0 Å². The molecule has 0 unspecified atom stereocenters. The van der Waals surface area contributed by atoms with Gasteiger partial charge in [-0.25, -0.2) is 4.39 Å². The van der Waals surface area contributed by atoms with Crippen LogP contribution in [-0.4, -0.2) is 41.3 Å². The Morgan fingerprint density at radius 3 is 2.64 bits per heavy atom. The minimum absolute atomic E-state index is 0.0410. The maximum absolute atomic E-state index is 14.2.